The van der Waals surface area contributed by atoms with E-state index >= 15 is 0 Å². The van der Waals surface area contributed by atoms with Gasteiger partial charge in [-0.2, -0.15) is 0 Å². The van der Waals surface area contributed by atoms with Crippen LogP contribution in [0.3, 0.4) is 0 Å². The molecular weight excluding hydrogens is 310 g/mol. The van der Waals surface area contributed by atoms with Crippen LogP contribution in [0.5, 0.6) is 0 Å². The van der Waals surface area contributed by atoms with Gasteiger partial charge in [0.05, 0.1) is 0 Å². The smallest absolute Gasteiger partial charge is 0.0177 e. The lowest BCUT2D eigenvalue weighted by Crippen LogP contribution is -2.31. The highest BCUT2D eigenvalue weighted by Gasteiger charge is 2.18. The zero-order chi connectivity index (χ0) is 15.0. The molecule has 1 aromatic carbocycles. The molecule has 1 rings (SSSR count). The van der Waals surface area contributed by atoms with Gasteiger partial charge in [0, 0.05) is 4.47 Å². The molecule has 0 aliphatic heterocycles. The Morgan fingerprint density at radius 2 is 1.75 bits per heavy atom. The van der Waals surface area contributed by atoms with Crippen LogP contribution in [0.1, 0.15) is 46.1 Å². The van der Waals surface area contributed by atoms with Gasteiger partial charge in [0.15, 0.2) is 0 Å². The molecule has 0 saturated heterocycles. The lowest BCUT2D eigenvalue weighted by molar-refractivity contribution is 0.294. The molecule has 0 aliphatic rings. The maximum atomic E-state index is 3.66. The van der Waals surface area contributed by atoms with Crippen LogP contribution in [0.4, 0.5) is 0 Å². The average Bonchev–Trinajstić information content (AvgIpc) is 2.39. The molecule has 1 atom stereocenters. The Hall–Kier alpha value is -0.340. The largest absolute Gasteiger partial charge is 0.316 e. The van der Waals surface area contributed by atoms with E-state index in [1.807, 2.05) is 0 Å². The van der Waals surface area contributed by atoms with Crippen molar-refractivity contribution in [2.24, 2.45) is 17.8 Å². The molecule has 0 bridgehead atoms. The molecule has 114 valence electrons. The zero-order valence-corrected chi connectivity index (χ0v) is 15.0. The van der Waals surface area contributed by atoms with Crippen molar-refractivity contribution in [3.05, 3.63) is 34.3 Å². The average molecular weight is 340 g/mol. The van der Waals surface area contributed by atoms with Crippen molar-refractivity contribution in [1.29, 1.82) is 0 Å². The summed E-state index contributed by atoms with van der Waals surface area (Å²) in [6.45, 7) is 11.4. The molecule has 2 heteroatoms. The van der Waals surface area contributed by atoms with Crippen LogP contribution in [0, 0.1) is 17.8 Å². The van der Waals surface area contributed by atoms with E-state index in [1.54, 1.807) is 0 Å². The van der Waals surface area contributed by atoms with Crippen LogP contribution < -0.4 is 5.32 Å². The first kappa shape index (κ1) is 17.7. The van der Waals surface area contributed by atoms with Gasteiger partial charge in [-0.25, -0.2) is 0 Å². The van der Waals surface area contributed by atoms with Gasteiger partial charge in [-0.3, -0.25) is 0 Å². The van der Waals surface area contributed by atoms with E-state index in [0.717, 1.165) is 30.8 Å². The fraction of sp³-hybridized carbons (Fsp3) is 0.667. The Balaban J connectivity index is 2.66. The van der Waals surface area contributed by atoms with Crippen LogP contribution in [-0.2, 0) is 6.42 Å². The highest BCUT2D eigenvalue weighted by molar-refractivity contribution is 9.10. The van der Waals surface area contributed by atoms with Crippen molar-refractivity contribution in [1.82, 2.24) is 5.32 Å². The molecule has 1 unspecified atom stereocenters. The first-order valence-electron chi connectivity index (χ1n) is 8.01. The first-order valence-corrected chi connectivity index (χ1v) is 8.81. The van der Waals surface area contributed by atoms with E-state index in [0.29, 0.717) is 0 Å². The molecule has 0 saturated carbocycles. The van der Waals surface area contributed by atoms with Crippen LogP contribution in [0.15, 0.2) is 28.7 Å². The van der Waals surface area contributed by atoms with Gasteiger partial charge in [0.25, 0.3) is 0 Å². The van der Waals surface area contributed by atoms with E-state index in [4.69, 9.17) is 0 Å². The SMILES string of the molecule is CCC(CC)C(CNCC(C)C)Cc1cccc(Br)c1. The van der Waals surface area contributed by atoms with E-state index in [2.05, 4.69) is 73.2 Å². The highest BCUT2D eigenvalue weighted by atomic mass is 79.9. The fourth-order valence-corrected chi connectivity index (χ4v) is 3.33. The Kier molecular flexibility index (Phi) is 8.47. The molecule has 0 amide bonds. The van der Waals surface area contributed by atoms with Crippen molar-refractivity contribution in [2.45, 2.75) is 47.0 Å². The third-order valence-corrected chi connectivity index (χ3v) is 4.55. The maximum Gasteiger partial charge on any atom is 0.0177 e. The van der Waals surface area contributed by atoms with E-state index < -0.39 is 0 Å². The van der Waals surface area contributed by atoms with Gasteiger partial charge in [0.1, 0.15) is 0 Å². The monoisotopic (exact) mass is 339 g/mol. The number of hydrogen-bond acceptors (Lipinski definition) is 1. The first-order chi connectivity index (χ1) is 9.56. The Morgan fingerprint density at radius 3 is 2.30 bits per heavy atom. The summed E-state index contributed by atoms with van der Waals surface area (Å²) in [5, 5.41) is 3.66. The van der Waals surface area contributed by atoms with Gasteiger partial charge in [-0.15, -0.1) is 0 Å². The summed E-state index contributed by atoms with van der Waals surface area (Å²) in [6, 6.07) is 8.76. The van der Waals surface area contributed by atoms with Crippen molar-refractivity contribution in [3.63, 3.8) is 0 Å². The number of halogens is 1. The summed E-state index contributed by atoms with van der Waals surface area (Å²) in [6.07, 6.45) is 3.73. The predicted octanol–water partition coefficient (Wildman–Crippen LogP) is 5.29. The minimum Gasteiger partial charge on any atom is -0.316 e. The summed E-state index contributed by atoms with van der Waals surface area (Å²) >= 11 is 3.58. The summed E-state index contributed by atoms with van der Waals surface area (Å²) in [7, 11) is 0. The number of rotatable bonds is 9. The molecule has 1 N–H and O–H groups in total. The molecule has 1 aromatic rings. The number of hydrogen-bond donors (Lipinski definition) is 1. The van der Waals surface area contributed by atoms with Gasteiger partial charge >= 0.3 is 0 Å². The third-order valence-electron chi connectivity index (χ3n) is 4.06. The Labute approximate surface area is 133 Å². The molecule has 0 heterocycles. The number of nitrogens with one attached hydrogen (secondary N) is 1. The quantitative estimate of drug-likeness (QED) is 0.644. The molecule has 0 aromatic heterocycles. The third kappa shape index (κ3) is 6.41. The van der Waals surface area contributed by atoms with E-state index in [1.165, 1.54) is 29.3 Å². The highest BCUT2D eigenvalue weighted by Crippen LogP contribution is 2.24. The summed E-state index contributed by atoms with van der Waals surface area (Å²) in [5.41, 5.74) is 1.45. The molecule has 0 fully saturated rings. The minimum absolute atomic E-state index is 0.725. The van der Waals surface area contributed by atoms with Crippen LogP contribution in [-0.4, -0.2) is 13.1 Å². The van der Waals surface area contributed by atoms with Crippen molar-refractivity contribution in [3.8, 4) is 0 Å². The molecule has 0 spiro atoms. The van der Waals surface area contributed by atoms with Gasteiger partial charge in [-0.1, -0.05) is 68.6 Å². The molecule has 0 aliphatic carbocycles. The summed E-state index contributed by atoms with van der Waals surface area (Å²) in [4.78, 5) is 0. The number of benzene rings is 1. The van der Waals surface area contributed by atoms with Gasteiger partial charge in [-0.05, 0) is 55.0 Å². The van der Waals surface area contributed by atoms with Crippen molar-refractivity contribution in [2.75, 3.05) is 13.1 Å². The fourth-order valence-electron chi connectivity index (χ4n) is 2.88. The Morgan fingerprint density at radius 1 is 1.05 bits per heavy atom. The normalized spacial score (nSPS) is 13.2. The maximum absolute atomic E-state index is 3.66. The van der Waals surface area contributed by atoms with Crippen LogP contribution in [0.2, 0.25) is 0 Å². The van der Waals surface area contributed by atoms with Crippen molar-refractivity contribution < 1.29 is 0 Å². The second-order valence-corrected chi connectivity index (χ2v) is 7.14. The molecule has 0 radical (unpaired) electrons. The minimum atomic E-state index is 0.725. The van der Waals surface area contributed by atoms with Crippen LogP contribution >= 0.6 is 15.9 Å². The predicted molar refractivity (Wildman–Crippen MR) is 93.1 cm³/mol. The van der Waals surface area contributed by atoms with E-state index in [9.17, 15) is 0 Å². The second kappa shape index (κ2) is 9.57. The van der Waals surface area contributed by atoms with Crippen molar-refractivity contribution >= 4 is 15.9 Å². The lowest BCUT2D eigenvalue weighted by Gasteiger charge is -2.26. The summed E-state index contributed by atoms with van der Waals surface area (Å²) in [5.74, 6) is 2.27. The van der Waals surface area contributed by atoms with Gasteiger partial charge < -0.3 is 5.32 Å². The van der Waals surface area contributed by atoms with Crippen LogP contribution in [0.25, 0.3) is 0 Å². The Bertz CT molecular complexity index is 371. The second-order valence-electron chi connectivity index (χ2n) is 6.22. The molecule has 1 nitrogen and oxygen atoms in total. The zero-order valence-electron chi connectivity index (χ0n) is 13.5. The van der Waals surface area contributed by atoms with E-state index in [-0.39, 0.29) is 0 Å². The topological polar surface area (TPSA) is 12.0 Å². The molecule has 20 heavy (non-hydrogen) atoms. The lowest BCUT2D eigenvalue weighted by atomic mass is 9.83. The summed E-state index contributed by atoms with van der Waals surface area (Å²) < 4.78 is 1.19. The molecular formula is C18H30BrN. The standard InChI is InChI=1S/C18H30BrN/c1-5-16(6-2)17(13-20-12-14(3)4)10-15-8-7-9-18(19)11-15/h7-9,11,14,16-17,20H,5-6,10,12-13H2,1-4H3. The van der Waals surface area contributed by atoms with Gasteiger partial charge in [0.2, 0.25) is 0 Å².